The maximum absolute atomic E-state index is 13.7. The quantitative estimate of drug-likeness (QED) is 0.0553. The number of nitrogens with zero attached hydrogens (tertiary/aromatic N) is 9. The predicted molar refractivity (Wildman–Crippen MR) is 385 cm³/mol. The molecule has 16 nitrogen and oxygen atoms in total. The summed E-state index contributed by atoms with van der Waals surface area (Å²) in [7, 11) is 1.49. The summed E-state index contributed by atoms with van der Waals surface area (Å²) in [5.74, 6) is 0.743. The molecular weight excluding hydrogens is 1720 g/mol. The van der Waals surface area contributed by atoms with Crippen LogP contribution in [0.3, 0.4) is 0 Å². The zero-order valence-corrected chi connectivity index (χ0v) is 64.9. The third-order valence-corrected chi connectivity index (χ3v) is 20.1. The van der Waals surface area contributed by atoms with Gasteiger partial charge in [-0.15, -0.1) is 0 Å². The molecule has 1 aliphatic carbocycles. The molecule has 0 radical (unpaired) electrons. The number of benzene rings is 6. The van der Waals surface area contributed by atoms with E-state index in [1.165, 1.54) is 41.2 Å². The zero-order valence-electron chi connectivity index (χ0n) is 48.9. The van der Waals surface area contributed by atoms with Crippen molar-refractivity contribution in [3.05, 3.63) is 223 Å². The Morgan fingerprint density at radius 3 is 1.20 bits per heavy atom. The van der Waals surface area contributed by atoms with Crippen LogP contribution in [0.15, 0.2) is 171 Å². The van der Waals surface area contributed by atoms with E-state index in [-0.39, 0.29) is 70.6 Å². The monoisotopic (exact) mass is 1760 g/mol. The second-order valence-electron chi connectivity index (χ2n) is 21.7. The van der Waals surface area contributed by atoms with Gasteiger partial charge in [-0.25, -0.2) is 38.1 Å². The van der Waals surface area contributed by atoms with E-state index in [2.05, 4.69) is 91.8 Å². The molecule has 3 amide bonds. The van der Waals surface area contributed by atoms with Crippen molar-refractivity contribution >= 4 is 247 Å². The molecule has 6 aromatic carbocycles. The Labute approximate surface area is 636 Å². The van der Waals surface area contributed by atoms with Gasteiger partial charge in [-0.05, 0) is 151 Å². The van der Waals surface area contributed by atoms with Crippen molar-refractivity contribution in [1.29, 1.82) is 0 Å². The molecule has 0 spiro atoms. The molecule has 6 heterocycles. The SMILES string of the molecule is C[C@@]1(Cc2ccc(Br)cc2)C(=O)N(c2cc(Cl)cc(Cl)c2)c2ncc(I)n21.C[C@@]1(Cc2ccc(Br)cc2)C(=O)N(c2cc(Cl)cc(Cl)c2)c2ncc(S(=O)(=O)Cl)n21.C[C@@]1(Cc2ccc(Br)cc2)C(=O)N(c2cc(Cl)cc(Cl)c2)c2nccn21.O=S=O.[CH-]1CCCC1.[Cl-].[Mg+2]. The molecule has 3 aliphatic heterocycles. The third kappa shape index (κ3) is 17.1. The van der Waals surface area contributed by atoms with E-state index in [1.54, 1.807) is 77.6 Å². The summed E-state index contributed by atoms with van der Waals surface area (Å²) in [5, 5.41) is 2.28. The van der Waals surface area contributed by atoms with E-state index in [0.29, 0.717) is 71.9 Å². The molecule has 482 valence electrons. The van der Waals surface area contributed by atoms with Crippen molar-refractivity contribution < 1.29 is 43.6 Å². The fraction of sp³-hybridized carbons (Fsp3) is 0.210. The van der Waals surface area contributed by atoms with Crippen LogP contribution in [0.1, 0.15) is 63.1 Å². The van der Waals surface area contributed by atoms with Gasteiger partial charge in [-0.2, -0.15) is 21.3 Å². The largest absolute Gasteiger partial charge is 2.00 e. The van der Waals surface area contributed by atoms with Crippen molar-refractivity contribution in [2.75, 3.05) is 14.7 Å². The molecule has 0 N–H and O–H groups in total. The van der Waals surface area contributed by atoms with Gasteiger partial charge in [0.15, 0.2) is 5.03 Å². The number of imidazole rings is 3. The van der Waals surface area contributed by atoms with Crippen molar-refractivity contribution in [2.24, 2.45) is 0 Å². The maximum atomic E-state index is 13.7. The molecule has 3 aromatic heterocycles. The van der Waals surface area contributed by atoms with Gasteiger partial charge < -0.3 is 23.4 Å². The first-order valence-electron chi connectivity index (χ1n) is 27.3. The van der Waals surface area contributed by atoms with Gasteiger partial charge in [0, 0.05) is 85.9 Å². The van der Waals surface area contributed by atoms with Crippen molar-refractivity contribution in [2.45, 2.75) is 87.4 Å². The Morgan fingerprint density at radius 1 is 0.527 bits per heavy atom. The van der Waals surface area contributed by atoms with Crippen molar-refractivity contribution in [1.82, 2.24) is 28.7 Å². The molecule has 3 atom stereocenters. The van der Waals surface area contributed by atoms with Crippen LogP contribution in [-0.4, -0.2) is 86.3 Å². The number of anilines is 6. The second kappa shape index (κ2) is 32.4. The number of hydrogen-bond acceptors (Lipinski definition) is 10. The normalized spacial score (nSPS) is 18.3. The third-order valence-electron chi connectivity index (χ3n) is 15.2. The van der Waals surface area contributed by atoms with Gasteiger partial charge >= 0.3 is 34.6 Å². The Morgan fingerprint density at radius 2 is 0.849 bits per heavy atom. The van der Waals surface area contributed by atoms with E-state index >= 15 is 0 Å². The summed E-state index contributed by atoms with van der Waals surface area (Å²) in [5.41, 5.74) is 1.68. The molecule has 0 saturated heterocycles. The number of hydrogen-bond donors (Lipinski definition) is 0. The summed E-state index contributed by atoms with van der Waals surface area (Å²) in [6, 6.07) is 38.2. The molecule has 0 bridgehead atoms. The van der Waals surface area contributed by atoms with E-state index in [4.69, 9.17) is 88.7 Å². The van der Waals surface area contributed by atoms with Crippen LogP contribution in [0.4, 0.5) is 34.9 Å². The summed E-state index contributed by atoms with van der Waals surface area (Å²) < 4.78 is 50.1. The van der Waals surface area contributed by atoms with Gasteiger partial charge in [-0.1, -0.05) is 167 Å². The first-order chi connectivity index (χ1) is 43.1. The van der Waals surface area contributed by atoms with Crippen molar-refractivity contribution in [3.8, 4) is 0 Å². The number of rotatable bonds is 10. The first kappa shape index (κ1) is 76.7. The van der Waals surface area contributed by atoms with Gasteiger partial charge in [0.05, 0.1) is 29.5 Å². The molecule has 93 heavy (non-hydrogen) atoms. The van der Waals surface area contributed by atoms with Gasteiger partial charge in [0.25, 0.3) is 26.8 Å². The van der Waals surface area contributed by atoms with Crippen LogP contribution in [0.2, 0.25) is 30.1 Å². The predicted octanol–water partition coefficient (Wildman–Crippen LogP) is 15.0. The van der Waals surface area contributed by atoms with Crippen LogP contribution in [0, 0.1) is 10.1 Å². The number of carbonyl (C=O) groups is 3. The van der Waals surface area contributed by atoms with Gasteiger partial charge in [-0.3, -0.25) is 23.5 Å². The Bertz CT molecular complexity index is 4330. The first-order valence-corrected chi connectivity index (χ1v) is 36.0. The van der Waals surface area contributed by atoms with E-state index < -0.39 is 37.2 Å². The fourth-order valence-corrected chi connectivity index (χ4v) is 15.3. The Kier molecular flexibility index (Phi) is 26.7. The van der Waals surface area contributed by atoms with Gasteiger partial charge in [0.1, 0.15) is 20.3 Å². The number of fused-ring (bicyclic) bond motifs is 3. The molecular formula is C62H49Br3Cl8IMgN9O7S2. The van der Waals surface area contributed by atoms with Gasteiger partial charge in [0.2, 0.25) is 17.8 Å². The average molecular weight is 1770 g/mol. The average Bonchev–Trinajstić information content (AvgIpc) is 1.58. The number of aromatic nitrogens is 6. The molecule has 4 aliphatic rings. The number of carbonyl (C=O) groups excluding carboxylic acids is 3. The summed E-state index contributed by atoms with van der Waals surface area (Å²) in [6.45, 7) is 5.52. The Hall–Kier alpha value is -3.61. The van der Waals surface area contributed by atoms with E-state index in [0.717, 1.165) is 40.0 Å². The summed E-state index contributed by atoms with van der Waals surface area (Å²) in [6.07, 6.45) is 15.7. The molecule has 31 heteroatoms. The van der Waals surface area contributed by atoms with Crippen LogP contribution in [0.25, 0.3) is 0 Å². The number of amides is 3. The van der Waals surface area contributed by atoms with Crippen LogP contribution in [0.5, 0.6) is 0 Å². The Balaban J connectivity index is 0.000000184. The number of halogens is 12. The minimum atomic E-state index is -4.17. The molecule has 13 rings (SSSR count). The van der Waals surface area contributed by atoms with E-state index in [1.807, 2.05) is 102 Å². The zero-order chi connectivity index (χ0) is 65.9. The second-order valence-corrected chi connectivity index (χ2v) is 30.8. The minimum Gasteiger partial charge on any atom is -1.00 e. The summed E-state index contributed by atoms with van der Waals surface area (Å²) in [4.78, 5) is 58.2. The topological polar surface area (TPSA) is 183 Å². The summed E-state index contributed by atoms with van der Waals surface area (Å²) >= 11 is 48.6. The van der Waals surface area contributed by atoms with Crippen LogP contribution >= 0.6 is 151 Å². The van der Waals surface area contributed by atoms with Crippen molar-refractivity contribution in [3.63, 3.8) is 0 Å². The molecule has 1 fully saturated rings. The standard InChI is InChI=1S/C19H13BrCl3N3O3S.C19H13BrCl2IN3O.C19H14BrCl2N3O.C5H9.ClH.Mg.O2S/c1-19(9-11-2-4-12(20)5-3-11)17(27)25(15-7-13(21)6-14(22)8-15)18-24-10-16(26(18)19)30(23,28)29;1-19(9-11-2-4-12(20)5-3-11)17(27)25(18-24-10-16(23)26(18)19)15-7-13(21)6-14(22)8-15;1-19(11-12-2-4-13(20)5-3-12)17(26)25(18-23-6-7-24(18)19)16-9-14(21)8-15(22)10-16;1-2-4-5-3-1;;;1-3-2/h2-8,10H,9H2,1H3;2-8,10H,9H2,1H3;2-10H,11H2,1H3;1H,2-5H2;1H;;/q;;;-1;;+2;/p-1/t3*19-;;;;/m111..../s1. The van der Waals surface area contributed by atoms with Crippen LogP contribution < -0.4 is 27.1 Å². The van der Waals surface area contributed by atoms with E-state index in [9.17, 15) is 22.8 Å². The molecule has 1 saturated carbocycles. The smallest absolute Gasteiger partial charge is 1.00 e. The maximum Gasteiger partial charge on any atom is 2.00 e. The molecule has 9 aromatic rings. The molecule has 0 unspecified atom stereocenters. The van der Waals surface area contributed by atoms with Crippen LogP contribution in [-0.2, 0) is 70.9 Å². The fourth-order valence-electron chi connectivity index (χ4n) is 11.1. The minimum absolute atomic E-state index is 0.